The molecule has 1 aromatic carbocycles. The lowest BCUT2D eigenvalue weighted by Crippen LogP contribution is -2.41. The summed E-state index contributed by atoms with van der Waals surface area (Å²) in [5.74, 6) is -0.295. The number of carbonyl (C=O) groups is 2. The minimum absolute atomic E-state index is 0.195. The average Bonchev–Trinajstić information content (AvgIpc) is 3.19. The molecule has 0 saturated heterocycles. The van der Waals surface area contributed by atoms with Gasteiger partial charge in [0, 0.05) is 9.90 Å². The SMILES string of the molecule is Cc1noc(C)c1-c1ccc(C(=O)NNC(=O)c2ccc(Cl)cc2Cl)s1. The van der Waals surface area contributed by atoms with Gasteiger partial charge in [-0.1, -0.05) is 28.4 Å². The van der Waals surface area contributed by atoms with Crippen LogP contribution in [0.1, 0.15) is 31.5 Å². The molecular weight excluding hydrogens is 397 g/mol. The highest BCUT2D eigenvalue weighted by Crippen LogP contribution is 2.32. The Morgan fingerprint density at radius 3 is 2.46 bits per heavy atom. The Labute approximate surface area is 163 Å². The van der Waals surface area contributed by atoms with Crippen LogP contribution in [0.5, 0.6) is 0 Å². The van der Waals surface area contributed by atoms with E-state index < -0.39 is 11.8 Å². The van der Waals surface area contributed by atoms with Gasteiger partial charge in [-0.25, -0.2) is 0 Å². The second-order valence-corrected chi connectivity index (χ2v) is 7.32. The fourth-order valence-corrected chi connectivity index (χ4v) is 3.89. The number of thiophene rings is 1. The monoisotopic (exact) mass is 409 g/mol. The Hall–Kier alpha value is -2.35. The normalized spacial score (nSPS) is 10.6. The van der Waals surface area contributed by atoms with E-state index in [0.29, 0.717) is 15.7 Å². The molecule has 2 amide bonds. The predicted molar refractivity (Wildman–Crippen MR) is 101 cm³/mol. The zero-order valence-corrected chi connectivity index (χ0v) is 16.1. The molecule has 0 unspecified atom stereocenters. The maximum absolute atomic E-state index is 12.3. The molecule has 0 aliphatic heterocycles. The number of amides is 2. The fraction of sp³-hybridized carbons (Fsp3) is 0.118. The number of hydrazine groups is 1. The third-order valence-electron chi connectivity index (χ3n) is 3.57. The van der Waals surface area contributed by atoms with Crippen LogP contribution < -0.4 is 10.9 Å². The maximum Gasteiger partial charge on any atom is 0.279 e. The number of rotatable bonds is 3. The van der Waals surface area contributed by atoms with E-state index in [-0.39, 0.29) is 10.6 Å². The molecule has 9 heteroatoms. The van der Waals surface area contributed by atoms with Crippen LogP contribution in [-0.4, -0.2) is 17.0 Å². The van der Waals surface area contributed by atoms with Crippen molar-refractivity contribution in [3.05, 3.63) is 62.3 Å². The predicted octanol–water partition coefficient (Wildman–Crippen LogP) is 4.40. The Balaban J connectivity index is 1.68. The molecule has 0 atom stereocenters. The number of nitrogens with zero attached hydrogens (tertiary/aromatic N) is 1. The van der Waals surface area contributed by atoms with E-state index in [2.05, 4.69) is 16.0 Å². The van der Waals surface area contributed by atoms with Crippen LogP contribution in [0.2, 0.25) is 10.0 Å². The summed E-state index contributed by atoms with van der Waals surface area (Å²) in [6, 6.07) is 7.95. The van der Waals surface area contributed by atoms with E-state index in [1.54, 1.807) is 12.1 Å². The number of nitrogens with one attached hydrogen (secondary N) is 2. The van der Waals surface area contributed by atoms with E-state index in [4.69, 9.17) is 27.7 Å². The van der Waals surface area contributed by atoms with E-state index >= 15 is 0 Å². The smallest absolute Gasteiger partial charge is 0.279 e. The van der Waals surface area contributed by atoms with Gasteiger partial charge >= 0.3 is 0 Å². The number of hydrogen-bond acceptors (Lipinski definition) is 5. The fourth-order valence-electron chi connectivity index (χ4n) is 2.35. The van der Waals surface area contributed by atoms with Crippen LogP contribution in [-0.2, 0) is 0 Å². The lowest BCUT2D eigenvalue weighted by molar-refractivity contribution is 0.0849. The molecule has 2 heterocycles. The Kier molecular flexibility index (Phi) is 5.31. The molecule has 2 aromatic heterocycles. The number of benzene rings is 1. The first-order valence-corrected chi connectivity index (χ1v) is 9.03. The van der Waals surface area contributed by atoms with Crippen LogP contribution in [0.3, 0.4) is 0 Å². The van der Waals surface area contributed by atoms with Crippen LogP contribution >= 0.6 is 34.5 Å². The van der Waals surface area contributed by atoms with Crippen LogP contribution in [0.15, 0.2) is 34.9 Å². The highest BCUT2D eigenvalue weighted by atomic mass is 35.5. The molecule has 0 spiro atoms. The molecule has 26 heavy (non-hydrogen) atoms. The van der Waals surface area contributed by atoms with E-state index in [9.17, 15) is 9.59 Å². The molecule has 0 fully saturated rings. The van der Waals surface area contributed by atoms with Crippen molar-refractivity contribution in [2.24, 2.45) is 0 Å². The van der Waals surface area contributed by atoms with Gasteiger partial charge in [0.25, 0.3) is 11.8 Å². The van der Waals surface area contributed by atoms with E-state index in [1.165, 1.54) is 23.5 Å². The summed E-state index contributed by atoms with van der Waals surface area (Å²) in [7, 11) is 0. The molecule has 0 radical (unpaired) electrons. The third-order valence-corrected chi connectivity index (χ3v) is 5.22. The van der Waals surface area contributed by atoms with Crippen molar-refractivity contribution in [1.29, 1.82) is 0 Å². The van der Waals surface area contributed by atoms with Crippen LogP contribution in [0.4, 0.5) is 0 Å². The minimum atomic E-state index is -0.539. The molecule has 6 nitrogen and oxygen atoms in total. The second-order valence-electron chi connectivity index (χ2n) is 5.40. The highest BCUT2D eigenvalue weighted by molar-refractivity contribution is 7.17. The molecule has 0 saturated carbocycles. The molecule has 3 rings (SSSR count). The second kappa shape index (κ2) is 7.49. The van der Waals surface area contributed by atoms with Crippen molar-refractivity contribution in [2.75, 3.05) is 0 Å². The summed E-state index contributed by atoms with van der Waals surface area (Å²) in [5.41, 5.74) is 6.53. The molecule has 0 bridgehead atoms. The van der Waals surface area contributed by atoms with Gasteiger partial charge < -0.3 is 4.52 Å². The van der Waals surface area contributed by atoms with Gasteiger partial charge in [-0.05, 0) is 44.2 Å². The summed E-state index contributed by atoms with van der Waals surface area (Å²) in [6.45, 7) is 3.65. The lowest BCUT2D eigenvalue weighted by Gasteiger charge is -2.07. The molecule has 2 N–H and O–H groups in total. The van der Waals surface area contributed by atoms with Crippen molar-refractivity contribution < 1.29 is 14.1 Å². The summed E-state index contributed by atoms with van der Waals surface area (Å²) < 4.78 is 5.14. The number of carbonyl (C=O) groups excluding carboxylic acids is 2. The first-order valence-electron chi connectivity index (χ1n) is 7.45. The van der Waals surface area contributed by atoms with Gasteiger partial charge in [-0.3, -0.25) is 20.4 Å². The zero-order chi connectivity index (χ0) is 18.8. The van der Waals surface area contributed by atoms with Gasteiger partial charge in [0.2, 0.25) is 0 Å². The molecule has 3 aromatic rings. The van der Waals surface area contributed by atoms with Crippen molar-refractivity contribution in [3.63, 3.8) is 0 Å². The van der Waals surface area contributed by atoms with Gasteiger partial charge in [0.05, 0.1) is 26.7 Å². The minimum Gasteiger partial charge on any atom is -0.361 e. The summed E-state index contributed by atoms with van der Waals surface area (Å²) in [5, 5.41) is 4.52. The quantitative estimate of drug-likeness (QED) is 0.627. The van der Waals surface area contributed by atoms with Crippen molar-refractivity contribution in [2.45, 2.75) is 13.8 Å². The lowest BCUT2D eigenvalue weighted by atomic mass is 10.2. The van der Waals surface area contributed by atoms with Crippen LogP contribution in [0.25, 0.3) is 10.4 Å². The average molecular weight is 410 g/mol. The van der Waals surface area contributed by atoms with Gasteiger partial charge in [-0.15, -0.1) is 11.3 Å². The first-order chi connectivity index (χ1) is 12.4. The maximum atomic E-state index is 12.3. The van der Waals surface area contributed by atoms with Gasteiger partial charge in [0.15, 0.2) is 0 Å². The van der Waals surface area contributed by atoms with E-state index in [0.717, 1.165) is 16.1 Å². The Bertz CT molecular complexity index is 978. The third kappa shape index (κ3) is 3.75. The van der Waals surface area contributed by atoms with Gasteiger partial charge in [0.1, 0.15) is 5.76 Å². The van der Waals surface area contributed by atoms with E-state index in [1.807, 2.05) is 19.9 Å². The molecule has 134 valence electrons. The Morgan fingerprint density at radius 2 is 1.81 bits per heavy atom. The zero-order valence-electron chi connectivity index (χ0n) is 13.7. The Morgan fingerprint density at radius 1 is 1.08 bits per heavy atom. The number of halogens is 2. The largest absolute Gasteiger partial charge is 0.361 e. The number of hydrogen-bond donors (Lipinski definition) is 2. The molecular formula is C17H13Cl2N3O3S. The summed E-state index contributed by atoms with van der Waals surface area (Å²) >= 11 is 13.0. The van der Waals surface area contributed by atoms with Gasteiger partial charge in [-0.2, -0.15) is 0 Å². The summed E-state index contributed by atoms with van der Waals surface area (Å²) in [4.78, 5) is 25.7. The highest BCUT2D eigenvalue weighted by Gasteiger charge is 2.17. The van der Waals surface area contributed by atoms with Crippen molar-refractivity contribution >= 4 is 46.4 Å². The van der Waals surface area contributed by atoms with Crippen LogP contribution in [0, 0.1) is 13.8 Å². The molecule has 0 aliphatic rings. The number of aryl methyl sites for hydroxylation is 2. The first kappa shape index (κ1) is 18.4. The van der Waals surface area contributed by atoms with Crippen molar-refractivity contribution in [3.8, 4) is 10.4 Å². The molecule has 0 aliphatic carbocycles. The standard InChI is InChI=1S/C17H13Cl2N3O3S/c1-8-15(9(2)25-22-8)13-5-6-14(26-13)17(24)21-20-16(23)11-4-3-10(18)7-12(11)19/h3-7H,1-2H3,(H,20,23)(H,21,24). The summed E-state index contributed by atoms with van der Waals surface area (Å²) in [6.07, 6.45) is 0. The van der Waals surface area contributed by atoms with Crippen molar-refractivity contribution in [1.82, 2.24) is 16.0 Å². The number of aromatic nitrogens is 1. The topological polar surface area (TPSA) is 84.2 Å².